The van der Waals surface area contributed by atoms with Gasteiger partial charge in [-0.1, -0.05) is 12.1 Å². The fourth-order valence-electron chi connectivity index (χ4n) is 2.84. The molecule has 4 rings (SSSR count). The van der Waals surface area contributed by atoms with E-state index in [4.69, 9.17) is 0 Å². The highest BCUT2D eigenvalue weighted by molar-refractivity contribution is 7.90. The summed E-state index contributed by atoms with van der Waals surface area (Å²) in [6, 6.07) is 13.3. The second-order valence-corrected chi connectivity index (χ2v) is 7.72. The SMILES string of the molecule is CCn1cc(NC(=O)c2ccc(NC3=NS(=O)(=O)c4ccccc43)cc2)cn1. The van der Waals surface area contributed by atoms with Crippen molar-refractivity contribution in [2.45, 2.75) is 18.4 Å². The summed E-state index contributed by atoms with van der Waals surface area (Å²) < 4.78 is 29.7. The maximum Gasteiger partial charge on any atom is 0.285 e. The smallest absolute Gasteiger partial charge is 0.285 e. The van der Waals surface area contributed by atoms with Gasteiger partial charge in [0.05, 0.1) is 11.9 Å². The molecule has 9 heteroatoms. The zero-order chi connectivity index (χ0) is 19.7. The number of aromatic nitrogens is 2. The van der Waals surface area contributed by atoms with E-state index in [0.717, 1.165) is 6.54 Å². The minimum atomic E-state index is -3.68. The normalized spacial score (nSPS) is 14.2. The monoisotopic (exact) mass is 395 g/mol. The summed E-state index contributed by atoms with van der Waals surface area (Å²) in [4.78, 5) is 12.5. The van der Waals surface area contributed by atoms with Crippen molar-refractivity contribution >= 4 is 33.1 Å². The van der Waals surface area contributed by atoms with E-state index in [1.165, 1.54) is 6.07 Å². The van der Waals surface area contributed by atoms with Crippen molar-refractivity contribution < 1.29 is 13.2 Å². The predicted octanol–water partition coefficient (Wildman–Crippen LogP) is 2.72. The summed E-state index contributed by atoms with van der Waals surface area (Å²) in [5.41, 5.74) is 2.24. The van der Waals surface area contributed by atoms with Gasteiger partial charge in [-0.25, -0.2) is 0 Å². The zero-order valence-electron chi connectivity index (χ0n) is 15.0. The third kappa shape index (κ3) is 3.39. The third-order valence-electron chi connectivity index (χ3n) is 4.26. The maximum absolute atomic E-state index is 12.3. The maximum atomic E-state index is 12.3. The van der Waals surface area contributed by atoms with Crippen LogP contribution < -0.4 is 10.6 Å². The molecule has 2 N–H and O–H groups in total. The summed E-state index contributed by atoms with van der Waals surface area (Å²) in [5, 5.41) is 9.90. The van der Waals surface area contributed by atoms with Crippen molar-refractivity contribution in [2.24, 2.45) is 4.40 Å². The number of anilines is 2. The fourth-order valence-corrected chi connectivity index (χ4v) is 4.02. The van der Waals surface area contributed by atoms with Crippen LogP contribution in [0.2, 0.25) is 0 Å². The number of benzene rings is 2. The predicted molar refractivity (Wildman–Crippen MR) is 106 cm³/mol. The van der Waals surface area contributed by atoms with Gasteiger partial charge in [-0.2, -0.15) is 13.5 Å². The third-order valence-corrected chi connectivity index (χ3v) is 5.59. The Morgan fingerprint density at radius 2 is 1.82 bits per heavy atom. The molecule has 142 valence electrons. The lowest BCUT2D eigenvalue weighted by molar-refractivity contribution is 0.102. The lowest BCUT2D eigenvalue weighted by Gasteiger charge is -2.08. The molecule has 1 amide bonds. The van der Waals surface area contributed by atoms with Crippen LogP contribution in [-0.2, 0) is 16.6 Å². The first kappa shape index (κ1) is 17.9. The molecular formula is C19H17N5O3S. The summed E-state index contributed by atoms with van der Waals surface area (Å²) in [6.45, 7) is 2.68. The van der Waals surface area contributed by atoms with Crippen molar-refractivity contribution in [3.8, 4) is 0 Å². The lowest BCUT2D eigenvalue weighted by atomic mass is 10.1. The Morgan fingerprint density at radius 1 is 1.07 bits per heavy atom. The number of rotatable bonds is 4. The Morgan fingerprint density at radius 3 is 2.54 bits per heavy atom. The minimum absolute atomic E-state index is 0.182. The van der Waals surface area contributed by atoms with E-state index in [9.17, 15) is 13.2 Å². The molecule has 0 radical (unpaired) electrons. The van der Waals surface area contributed by atoms with Crippen molar-refractivity contribution in [1.82, 2.24) is 9.78 Å². The van der Waals surface area contributed by atoms with Gasteiger partial charge in [-0.15, -0.1) is 4.40 Å². The van der Waals surface area contributed by atoms with Gasteiger partial charge in [0.2, 0.25) is 0 Å². The van der Waals surface area contributed by atoms with Crippen LogP contribution >= 0.6 is 0 Å². The van der Waals surface area contributed by atoms with Crippen LogP contribution in [0.4, 0.5) is 11.4 Å². The van der Waals surface area contributed by atoms with E-state index in [1.807, 2.05) is 6.92 Å². The number of fused-ring (bicyclic) bond motifs is 1. The van der Waals surface area contributed by atoms with Gasteiger partial charge in [0, 0.05) is 29.6 Å². The summed E-state index contributed by atoms with van der Waals surface area (Å²) in [7, 11) is -3.68. The van der Waals surface area contributed by atoms with E-state index < -0.39 is 10.0 Å². The summed E-state index contributed by atoms with van der Waals surface area (Å²) in [6.07, 6.45) is 3.34. The highest BCUT2D eigenvalue weighted by Gasteiger charge is 2.28. The van der Waals surface area contributed by atoms with Gasteiger partial charge in [0.1, 0.15) is 4.90 Å². The Kier molecular flexibility index (Phi) is 4.44. The molecular weight excluding hydrogens is 378 g/mol. The Balaban J connectivity index is 1.49. The Bertz CT molecular complexity index is 1180. The van der Waals surface area contributed by atoms with Crippen LogP contribution in [0.15, 0.2) is 70.2 Å². The molecule has 0 atom stereocenters. The van der Waals surface area contributed by atoms with Gasteiger partial charge in [-0.3, -0.25) is 9.48 Å². The van der Waals surface area contributed by atoms with E-state index in [2.05, 4.69) is 20.1 Å². The first-order valence-corrected chi connectivity index (χ1v) is 10.1. The average Bonchev–Trinajstić information content (AvgIpc) is 3.25. The molecule has 0 saturated carbocycles. The zero-order valence-corrected chi connectivity index (χ0v) is 15.8. The number of nitrogens with one attached hydrogen (secondary N) is 2. The topological polar surface area (TPSA) is 105 Å². The Hall–Kier alpha value is -3.46. The molecule has 2 heterocycles. The van der Waals surface area contributed by atoms with Crippen molar-refractivity contribution in [3.05, 3.63) is 72.1 Å². The van der Waals surface area contributed by atoms with Gasteiger partial charge < -0.3 is 10.6 Å². The van der Waals surface area contributed by atoms with Crippen LogP contribution in [0.5, 0.6) is 0 Å². The number of sulfonamides is 1. The van der Waals surface area contributed by atoms with E-state index in [1.54, 1.807) is 59.5 Å². The number of amidine groups is 1. The molecule has 0 unspecified atom stereocenters. The largest absolute Gasteiger partial charge is 0.339 e. The second-order valence-electron chi connectivity index (χ2n) is 6.15. The number of amides is 1. The van der Waals surface area contributed by atoms with Crippen LogP contribution in [-0.4, -0.2) is 29.9 Å². The molecule has 0 saturated heterocycles. The molecule has 8 nitrogen and oxygen atoms in total. The first-order chi connectivity index (χ1) is 13.5. The average molecular weight is 395 g/mol. The van der Waals surface area contributed by atoms with Gasteiger partial charge in [0.25, 0.3) is 15.9 Å². The number of carbonyl (C=O) groups is 1. The molecule has 1 aliphatic rings. The summed E-state index contributed by atoms with van der Waals surface area (Å²) >= 11 is 0. The Labute approximate surface area is 162 Å². The van der Waals surface area contributed by atoms with Gasteiger partial charge >= 0.3 is 0 Å². The molecule has 0 spiro atoms. The molecule has 1 aromatic heterocycles. The molecule has 2 aromatic carbocycles. The highest BCUT2D eigenvalue weighted by Crippen LogP contribution is 2.26. The molecule has 0 fully saturated rings. The van der Waals surface area contributed by atoms with Crippen LogP contribution in [0.1, 0.15) is 22.8 Å². The second kappa shape index (κ2) is 6.93. The highest BCUT2D eigenvalue weighted by atomic mass is 32.2. The van der Waals surface area contributed by atoms with E-state index in [-0.39, 0.29) is 16.6 Å². The van der Waals surface area contributed by atoms with Crippen molar-refractivity contribution in [2.75, 3.05) is 10.6 Å². The van der Waals surface area contributed by atoms with Crippen LogP contribution in [0, 0.1) is 0 Å². The van der Waals surface area contributed by atoms with E-state index in [0.29, 0.717) is 22.5 Å². The number of hydrogen-bond donors (Lipinski definition) is 2. The number of aryl methyl sites for hydroxylation is 1. The molecule has 0 bridgehead atoms. The molecule has 1 aliphatic heterocycles. The quantitative estimate of drug-likeness (QED) is 0.707. The molecule has 3 aromatic rings. The van der Waals surface area contributed by atoms with Crippen molar-refractivity contribution in [1.29, 1.82) is 0 Å². The summed E-state index contributed by atoms with van der Waals surface area (Å²) in [5.74, 6) is 0.00751. The molecule has 28 heavy (non-hydrogen) atoms. The number of carbonyl (C=O) groups excluding carboxylic acids is 1. The van der Waals surface area contributed by atoms with Gasteiger partial charge in [0.15, 0.2) is 5.84 Å². The standard InChI is InChI=1S/C19H17N5O3S/c1-2-24-12-15(11-20-24)22-19(25)13-7-9-14(10-8-13)21-18-16-5-3-4-6-17(16)28(26,27)23-18/h3-12H,2H2,1H3,(H,21,23)(H,22,25). The van der Waals surface area contributed by atoms with Gasteiger partial charge in [-0.05, 0) is 43.3 Å². The first-order valence-electron chi connectivity index (χ1n) is 8.61. The number of nitrogens with zero attached hydrogens (tertiary/aromatic N) is 3. The van der Waals surface area contributed by atoms with Crippen LogP contribution in [0.3, 0.4) is 0 Å². The molecule has 0 aliphatic carbocycles. The van der Waals surface area contributed by atoms with Crippen molar-refractivity contribution in [3.63, 3.8) is 0 Å². The number of hydrogen-bond acceptors (Lipinski definition) is 5. The van der Waals surface area contributed by atoms with E-state index >= 15 is 0 Å². The fraction of sp³-hybridized carbons (Fsp3) is 0.105. The van der Waals surface area contributed by atoms with Crippen LogP contribution in [0.25, 0.3) is 0 Å². The minimum Gasteiger partial charge on any atom is -0.339 e. The lowest BCUT2D eigenvalue weighted by Crippen LogP contribution is -2.13.